The van der Waals surface area contributed by atoms with Gasteiger partial charge >= 0.3 is 0 Å². The Labute approximate surface area is 196 Å². The van der Waals surface area contributed by atoms with Crippen molar-refractivity contribution in [2.75, 3.05) is 26.7 Å². The van der Waals surface area contributed by atoms with E-state index in [-0.39, 0.29) is 30.6 Å². The van der Waals surface area contributed by atoms with Crippen LogP contribution in [-0.4, -0.2) is 69.7 Å². The molecule has 1 N–H and O–H groups in total. The van der Waals surface area contributed by atoms with Crippen LogP contribution in [0.4, 0.5) is 0 Å². The van der Waals surface area contributed by atoms with E-state index < -0.39 is 0 Å². The van der Waals surface area contributed by atoms with Gasteiger partial charge in [-0.25, -0.2) is 4.98 Å². The topological polar surface area (TPSA) is 78.8 Å². The molecule has 0 radical (unpaired) electrons. The molecular formula is C26H34N4O3. The van der Waals surface area contributed by atoms with Crippen molar-refractivity contribution in [2.24, 2.45) is 5.92 Å². The molecule has 3 atom stereocenters. The number of carbonyl (C=O) groups is 1. The molecule has 7 heteroatoms. The first-order chi connectivity index (χ1) is 16.0. The fourth-order valence-corrected chi connectivity index (χ4v) is 4.57. The van der Waals surface area contributed by atoms with Gasteiger partial charge in [-0.15, -0.1) is 0 Å². The summed E-state index contributed by atoms with van der Waals surface area (Å²) in [4.78, 5) is 26.5. The number of carbonyl (C=O) groups excluding carboxylic acids is 1. The van der Waals surface area contributed by atoms with Gasteiger partial charge < -0.3 is 14.7 Å². The van der Waals surface area contributed by atoms with Gasteiger partial charge in [-0.05, 0) is 62.6 Å². The van der Waals surface area contributed by atoms with Crippen LogP contribution in [0.1, 0.15) is 54.7 Å². The van der Waals surface area contributed by atoms with Gasteiger partial charge in [0, 0.05) is 37.9 Å². The zero-order valence-electron chi connectivity index (χ0n) is 19.8. The predicted molar refractivity (Wildman–Crippen MR) is 128 cm³/mol. The summed E-state index contributed by atoms with van der Waals surface area (Å²) in [5.41, 5.74) is 3.70. The largest absolute Gasteiger partial charge is 0.472 e. The van der Waals surface area contributed by atoms with Crippen molar-refractivity contribution in [2.45, 2.75) is 51.8 Å². The number of aromatic nitrogens is 2. The van der Waals surface area contributed by atoms with Gasteiger partial charge in [0.1, 0.15) is 11.7 Å². The second kappa shape index (κ2) is 10.4. The Bertz CT molecular complexity index is 994. The Morgan fingerprint density at radius 1 is 1.33 bits per heavy atom. The summed E-state index contributed by atoms with van der Waals surface area (Å²) in [6.45, 7) is 5.77. The number of aliphatic hydroxyl groups excluding tert-OH is 1. The maximum Gasteiger partial charge on any atom is 0.259 e. The van der Waals surface area contributed by atoms with Crippen LogP contribution in [-0.2, 0) is 6.54 Å². The Balaban J connectivity index is 1.62. The SMILES string of the molecule is C[C@@H]1CN([C@H](C)CO)C(=O)c2cc(C3=CCCC3)cnc2O[C@@H]1CN(C)Cc1ccccn1. The standard InChI is InChI=1S/C26H34N4O3/c1-18-14-30(19(2)17-31)26(32)23-12-21(20-8-4-5-9-20)13-28-25(23)33-24(18)16-29(3)15-22-10-6-7-11-27-22/h6-8,10-13,18-19,24,31H,4-5,9,14-17H2,1-3H3/t18-,19-,24-/m1/s1. The minimum absolute atomic E-state index is 0.0568. The van der Waals surface area contributed by atoms with Crippen molar-refractivity contribution in [3.05, 3.63) is 59.6 Å². The molecule has 2 aliphatic rings. The zero-order valence-corrected chi connectivity index (χ0v) is 19.8. The Morgan fingerprint density at radius 3 is 2.88 bits per heavy atom. The van der Waals surface area contributed by atoms with Crippen LogP contribution in [0.3, 0.4) is 0 Å². The van der Waals surface area contributed by atoms with Gasteiger partial charge in [0.05, 0.1) is 18.3 Å². The minimum Gasteiger partial charge on any atom is -0.472 e. The first-order valence-corrected chi connectivity index (χ1v) is 11.8. The van der Waals surface area contributed by atoms with Crippen molar-refractivity contribution in [1.82, 2.24) is 19.8 Å². The molecule has 1 aliphatic heterocycles. The lowest BCUT2D eigenvalue weighted by atomic mass is 9.99. The predicted octanol–water partition coefficient (Wildman–Crippen LogP) is 3.40. The lowest BCUT2D eigenvalue weighted by Gasteiger charge is -2.37. The highest BCUT2D eigenvalue weighted by atomic mass is 16.5. The fraction of sp³-hybridized carbons (Fsp3) is 0.500. The lowest BCUT2D eigenvalue weighted by molar-refractivity contribution is 0.0324. The number of aliphatic hydroxyl groups is 1. The summed E-state index contributed by atoms with van der Waals surface area (Å²) >= 11 is 0. The maximum atomic E-state index is 13.5. The number of allylic oxidation sites excluding steroid dienone is 2. The van der Waals surface area contributed by atoms with Crippen LogP contribution in [0, 0.1) is 5.92 Å². The number of ether oxygens (including phenoxy) is 1. The molecule has 33 heavy (non-hydrogen) atoms. The highest BCUT2D eigenvalue weighted by molar-refractivity contribution is 5.97. The minimum atomic E-state index is -0.285. The highest BCUT2D eigenvalue weighted by Crippen LogP contribution is 2.32. The van der Waals surface area contributed by atoms with Gasteiger partial charge in [-0.3, -0.25) is 14.7 Å². The van der Waals surface area contributed by atoms with Gasteiger partial charge in [0.25, 0.3) is 5.91 Å². The summed E-state index contributed by atoms with van der Waals surface area (Å²) in [5, 5.41) is 9.84. The number of amides is 1. The average molecular weight is 451 g/mol. The monoisotopic (exact) mass is 450 g/mol. The van der Waals surface area contributed by atoms with Crippen LogP contribution < -0.4 is 4.74 Å². The maximum absolute atomic E-state index is 13.5. The normalized spacial score (nSPS) is 21.8. The number of likely N-dealkylation sites (N-methyl/N-ethyl adjacent to an activating group) is 1. The number of nitrogens with zero attached hydrogens (tertiary/aromatic N) is 4. The van der Waals surface area contributed by atoms with Gasteiger partial charge in [0.15, 0.2) is 0 Å². The van der Waals surface area contributed by atoms with Crippen molar-refractivity contribution < 1.29 is 14.6 Å². The smallest absolute Gasteiger partial charge is 0.259 e. The summed E-state index contributed by atoms with van der Waals surface area (Å²) < 4.78 is 6.40. The molecule has 0 saturated heterocycles. The summed E-state index contributed by atoms with van der Waals surface area (Å²) in [6, 6.07) is 7.55. The summed E-state index contributed by atoms with van der Waals surface area (Å²) in [6.07, 6.45) is 8.88. The molecule has 3 heterocycles. The van der Waals surface area contributed by atoms with Gasteiger partial charge in [0.2, 0.25) is 5.88 Å². The van der Waals surface area contributed by atoms with Crippen molar-refractivity contribution in [1.29, 1.82) is 0 Å². The van der Waals surface area contributed by atoms with E-state index in [4.69, 9.17) is 4.74 Å². The molecule has 2 aromatic heterocycles. The number of hydrogen-bond acceptors (Lipinski definition) is 6. The Morgan fingerprint density at radius 2 is 2.18 bits per heavy atom. The molecule has 176 valence electrons. The molecule has 0 saturated carbocycles. The average Bonchev–Trinajstić information content (AvgIpc) is 3.36. The Kier molecular flexibility index (Phi) is 7.40. The van der Waals surface area contributed by atoms with Crippen molar-refractivity contribution in [3.63, 3.8) is 0 Å². The molecule has 0 bridgehead atoms. The van der Waals surface area contributed by atoms with E-state index >= 15 is 0 Å². The van der Waals surface area contributed by atoms with E-state index in [0.29, 0.717) is 31.1 Å². The molecule has 0 fully saturated rings. The third-order valence-electron chi connectivity index (χ3n) is 6.58. The number of pyridine rings is 2. The van der Waals surface area contributed by atoms with Crippen molar-refractivity contribution in [3.8, 4) is 5.88 Å². The lowest BCUT2D eigenvalue weighted by Crippen LogP contribution is -2.49. The number of fused-ring (bicyclic) bond motifs is 1. The number of hydrogen-bond donors (Lipinski definition) is 1. The van der Waals surface area contributed by atoms with E-state index in [2.05, 4.69) is 27.9 Å². The third kappa shape index (κ3) is 5.42. The van der Waals surface area contributed by atoms with E-state index in [1.807, 2.05) is 44.4 Å². The van der Waals surface area contributed by atoms with E-state index in [0.717, 1.165) is 30.5 Å². The van der Waals surface area contributed by atoms with Gasteiger partial charge in [-0.2, -0.15) is 0 Å². The molecule has 0 aromatic carbocycles. The molecule has 2 aromatic rings. The number of rotatable bonds is 7. The third-order valence-corrected chi connectivity index (χ3v) is 6.58. The van der Waals surface area contributed by atoms with E-state index in [1.54, 1.807) is 11.1 Å². The quantitative estimate of drug-likeness (QED) is 0.697. The van der Waals surface area contributed by atoms with Gasteiger partial charge in [-0.1, -0.05) is 19.1 Å². The van der Waals surface area contributed by atoms with Crippen molar-refractivity contribution >= 4 is 11.5 Å². The summed E-state index contributed by atoms with van der Waals surface area (Å²) in [5.74, 6) is 0.299. The summed E-state index contributed by atoms with van der Waals surface area (Å²) in [7, 11) is 2.05. The van der Waals surface area contributed by atoms with Crippen LogP contribution in [0.5, 0.6) is 5.88 Å². The Hall–Kier alpha value is -2.77. The second-order valence-corrected chi connectivity index (χ2v) is 9.34. The zero-order chi connectivity index (χ0) is 23.4. The van der Waals surface area contributed by atoms with E-state index in [1.165, 1.54) is 5.57 Å². The fourth-order valence-electron chi connectivity index (χ4n) is 4.57. The molecule has 1 amide bonds. The van der Waals surface area contributed by atoms with Crippen LogP contribution in [0.2, 0.25) is 0 Å². The first-order valence-electron chi connectivity index (χ1n) is 11.8. The highest BCUT2D eigenvalue weighted by Gasteiger charge is 2.34. The molecular weight excluding hydrogens is 416 g/mol. The van der Waals surface area contributed by atoms with E-state index in [9.17, 15) is 9.90 Å². The van der Waals surface area contributed by atoms with Crippen LogP contribution in [0.25, 0.3) is 5.57 Å². The van der Waals surface area contributed by atoms with Crippen LogP contribution >= 0.6 is 0 Å². The van der Waals surface area contributed by atoms with Crippen LogP contribution in [0.15, 0.2) is 42.7 Å². The second-order valence-electron chi connectivity index (χ2n) is 9.34. The molecule has 4 rings (SSSR count). The molecule has 1 aliphatic carbocycles. The first kappa shape index (κ1) is 23.4. The molecule has 0 unspecified atom stereocenters. The molecule has 7 nitrogen and oxygen atoms in total. The molecule has 0 spiro atoms.